The molecule has 82 valence electrons. The number of rotatable bonds is 2. The van der Waals surface area contributed by atoms with Crippen molar-refractivity contribution in [3.8, 4) is 0 Å². The van der Waals surface area contributed by atoms with Crippen LogP contribution in [0, 0.1) is 5.82 Å². The van der Waals surface area contributed by atoms with E-state index in [9.17, 15) is 9.18 Å². The number of nitrogens with zero attached hydrogens (tertiary/aromatic N) is 2. The molecule has 2 rings (SSSR count). The van der Waals surface area contributed by atoms with Crippen LogP contribution in [0.5, 0.6) is 0 Å². The van der Waals surface area contributed by atoms with Gasteiger partial charge >= 0.3 is 0 Å². The van der Waals surface area contributed by atoms with Crippen LogP contribution in [-0.2, 0) is 7.05 Å². The van der Waals surface area contributed by atoms with Crippen molar-refractivity contribution in [2.45, 2.75) is 0 Å². The van der Waals surface area contributed by atoms with Crippen molar-refractivity contribution in [3.63, 3.8) is 0 Å². The summed E-state index contributed by atoms with van der Waals surface area (Å²) in [6, 6.07) is 3.95. The van der Waals surface area contributed by atoms with Gasteiger partial charge in [0.25, 0.3) is 0 Å². The van der Waals surface area contributed by atoms with Gasteiger partial charge in [0.2, 0.25) is 5.78 Å². The minimum absolute atomic E-state index is 0.237. The maximum absolute atomic E-state index is 12.9. The van der Waals surface area contributed by atoms with Gasteiger partial charge in [-0.3, -0.25) is 4.79 Å². The van der Waals surface area contributed by atoms with Gasteiger partial charge in [-0.05, 0) is 34.1 Å². The Morgan fingerprint density at radius 3 is 2.81 bits per heavy atom. The maximum Gasteiger partial charge on any atom is 0.229 e. The second-order valence-corrected chi connectivity index (χ2v) is 4.17. The lowest BCUT2D eigenvalue weighted by molar-refractivity contribution is 0.102. The van der Waals surface area contributed by atoms with E-state index in [-0.39, 0.29) is 11.6 Å². The fourth-order valence-corrected chi connectivity index (χ4v) is 1.91. The highest BCUT2D eigenvalue weighted by Gasteiger charge is 2.16. The normalized spacial score (nSPS) is 10.4. The predicted octanol–water partition coefficient (Wildman–Crippen LogP) is 2.55. The molecule has 0 amide bonds. The zero-order valence-electron chi connectivity index (χ0n) is 8.45. The van der Waals surface area contributed by atoms with Crippen LogP contribution in [0.2, 0.25) is 0 Å². The minimum Gasteiger partial charge on any atom is -0.331 e. The van der Waals surface area contributed by atoms with Crippen LogP contribution in [-0.4, -0.2) is 15.3 Å². The van der Waals surface area contributed by atoms with Crippen molar-refractivity contribution < 1.29 is 9.18 Å². The second kappa shape index (κ2) is 4.17. The summed E-state index contributed by atoms with van der Waals surface area (Å²) in [5.74, 6) is -0.296. The topological polar surface area (TPSA) is 34.9 Å². The van der Waals surface area contributed by atoms with E-state index in [4.69, 9.17) is 0 Å². The van der Waals surface area contributed by atoms with Gasteiger partial charge < -0.3 is 4.57 Å². The smallest absolute Gasteiger partial charge is 0.229 e. The third kappa shape index (κ3) is 1.90. The first-order valence-corrected chi connectivity index (χ1v) is 5.36. The highest BCUT2D eigenvalue weighted by atomic mass is 79.9. The molecule has 0 aliphatic carbocycles. The van der Waals surface area contributed by atoms with Crippen LogP contribution >= 0.6 is 15.9 Å². The van der Waals surface area contributed by atoms with Crippen molar-refractivity contribution in [2.24, 2.45) is 7.05 Å². The Morgan fingerprint density at radius 1 is 1.50 bits per heavy atom. The highest BCUT2D eigenvalue weighted by Crippen LogP contribution is 2.20. The summed E-state index contributed by atoms with van der Waals surface area (Å²) in [4.78, 5) is 16.0. The number of aromatic nitrogens is 2. The molecule has 5 heteroatoms. The molecule has 0 fully saturated rings. The van der Waals surface area contributed by atoms with Crippen molar-refractivity contribution in [1.29, 1.82) is 0 Å². The van der Waals surface area contributed by atoms with Crippen LogP contribution in [0.3, 0.4) is 0 Å². The molecule has 1 aromatic carbocycles. The molecule has 0 aliphatic rings. The van der Waals surface area contributed by atoms with E-state index >= 15 is 0 Å². The van der Waals surface area contributed by atoms with Crippen LogP contribution < -0.4 is 0 Å². The average molecular weight is 283 g/mol. The number of halogens is 2. The Hall–Kier alpha value is -1.49. The molecular weight excluding hydrogens is 275 g/mol. The molecule has 1 heterocycles. The summed E-state index contributed by atoms with van der Waals surface area (Å²) < 4.78 is 14.9. The number of imidazole rings is 1. The molecule has 0 spiro atoms. The molecule has 16 heavy (non-hydrogen) atoms. The fraction of sp³-hybridized carbons (Fsp3) is 0.0909. The first-order valence-electron chi connectivity index (χ1n) is 4.56. The van der Waals surface area contributed by atoms with E-state index in [1.807, 2.05) is 0 Å². The van der Waals surface area contributed by atoms with E-state index in [0.717, 1.165) is 0 Å². The van der Waals surface area contributed by atoms with Gasteiger partial charge in [0, 0.05) is 29.5 Å². The number of hydrogen-bond donors (Lipinski definition) is 0. The van der Waals surface area contributed by atoms with Gasteiger partial charge in [0.15, 0.2) is 5.82 Å². The summed E-state index contributed by atoms with van der Waals surface area (Å²) in [6.45, 7) is 0. The molecule has 0 bridgehead atoms. The first kappa shape index (κ1) is 11.0. The molecule has 0 unspecified atom stereocenters. The first-order chi connectivity index (χ1) is 7.59. The van der Waals surface area contributed by atoms with Gasteiger partial charge in [0.05, 0.1) is 0 Å². The fourth-order valence-electron chi connectivity index (χ4n) is 1.38. The molecular formula is C11H8BrFN2O. The third-order valence-corrected chi connectivity index (χ3v) is 2.86. The van der Waals surface area contributed by atoms with Crippen molar-refractivity contribution in [2.75, 3.05) is 0 Å². The highest BCUT2D eigenvalue weighted by molar-refractivity contribution is 9.10. The molecule has 0 saturated carbocycles. The monoisotopic (exact) mass is 282 g/mol. The molecule has 0 atom stereocenters. The lowest BCUT2D eigenvalue weighted by atomic mass is 10.1. The van der Waals surface area contributed by atoms with E-state index < -0.39 is 0 Å². The summed E-state index contributed by atoms with van der Waals surface area (Å²) >= 11 is 3.16. The van der Waals surface area contributed by atoms with Gasteiger partial charge in [0.1, 0.15) is 5.82 Å². The number of benzene rings is 1. The number of carbonyl (C=O) groups is 1. The number of carbonyl (C=O) groups excluding carboxylic acids is 1. The lowest BCUT2D eigenvalue weighted by Crippen LogP contribution is -2.09. The number of hydrogen-bond acceptors (Lipinski definition) is 2. The molecule has 0 aliphatic heterocycles. The van der Waals surface area contributed by atoms with Gasteiger partial charge in [-0.15, -0.1) is 0 Å². The van der Waals surface area contributed by atoms with Gasteiger partial charge in [-0.1, -0.05) is 0 Å². The van der Waals surface area contributed by atoms with Crippen LogP contribution in [0.15, 0.2) is 35.1 Å². The van der Waals surface area contributed by atoms with Crippen LogP contribution in [0.4, 0.5) is 4.39 Å². The number of aryl methyl sites for hydroxylation is 1. The Kier molecular flexibility index (Phi) is 2.87. The van der Waals surface area contributed by atoms with E-state index in [1.165, 1.54) is 18.2 Å². The summed E-state index contributed by atoms with van der Waals surface area (Å²) in [5.41, 5.74) is 0.399. The molecule has 2 aromatic rings. The minimum atomic E-state index is -0.386. The Morgan fingerprint density at radius 2 is 2.25 bits per heavy atom. The molecule has 3 nitrogen and oxygen atoms in total. The van der Waals surface area contributed by atoms with Crippen LogP contribution in [0.25, 0.3) is 0 Å². The zero-order chi connectivity index (χ0) is 11.7. The number of ketones is 1. The standard InChI is InChI=1S/C11H8BrFN2O/c1-15-5-4-14-11(15)10(16)8-3-2-7(13)6-9(8)12/h2-6H,1H3. The largest absolute Gasteiger partial charge is 0.331 e. The Balaban J connectivity index is 2.46. The maximum atomic E-state index is 12.9. The van der Waals surface area contributed by atoms with E-state index in [1.54, 1.807) is 24.0 Å². The quantitative estimate of drug-likeness (QED) is 0.794. The zero-order valence-corrected chi connectivity index (χ0v) is 10.0. The third-order valence-electron chi connectivity index (χ3n) is 2.20. The van der Waals surface area contributed by atoms with Crippen molar-refractivity contribution >= 4 is 21.7 Å². The lowest BCUT2D eigenvalue weighted by Gasteiger charge is -2.03. The Bertz CT molecular complexity index is 551. The van der Waals surface area contributed by atoms with Gasteiger partial charge in [-0.2, -0.15) is 0 Å². The van der Waals surface area contributed by atoms with Crippen LogP contribution in [0.1, 0.15) is 16.2 Å². The van der Waals surface area contributed by atoms with E-state index in [0.29, 0.717) is 15.9 Å². The SMILES string of the molecule is Cn1ccnc1C(=O)c1ccc(F)cc1Br. The average Bonchev–Trinajstić information content (AvgIpc) is 2.63. The summed E-state index contributed by atoms with van der Waals surface area (Å²) in [5, 5.41) is 0. The summed E-state index contributed by atoms with van der Waals surface area (Å²) in [6.07, 6.45) is 3.23. The van der Waals surface area contributed by atoms with Crippen molar-refractivity contribution in [3.05, 3.63) is 52.3 Å². The van der Waals surface area contributed by atoms with Gasteiger partial charge in [-0.25, -0.2) is 9.37 Å². The Labute approximate surface area is 100 Å². The summed E-state index contributed by atoms with van der Waals surface area (Å²) in [7, 11) is 1.73. The molecule has 0 radical (unpaired) electrons. The van der Waals surface area contributed by atoms with Crippen molar-refractivity contribution in [1.82, 2.24) is 9.55 Å². The second-order valence-electron chi connectivity index (χ2n) is 3.32. The molecule has 0 N–H and O–H groups in total. The molecule has 0 saturated heterocycles. The molecule has 1 aromatic heterocycles. The van der Waals surface area contributed by atoms with E-state index in [2.05, 4.69) is 20.9 Å². The predicted molar refractivity (Wildman–Crippen MR) is 60.7 cm³/mol.